The van der Waals surface area contributed by atoms with Gasteiger partial charge in [-0.1, -0.05) is 6.92 Å². The van der Waals surface area contributed by atoms with Gasteiger partial charge in [-0.25, -0.2) is 4.98 Å². The SMILES string of the molecule is CCN(CC(=O)NC(C)C)Cc1nc2scc(-c3ccco3)c2c(=O)[nH]1. The number of carbonyl (C=O) groups is 1. The predicted octanol–water partition coefficient (Wildman–Crippen LogP) is 2.59. The number of aromatic amines is 1. The number of amides is 1. The van der Waals surface area contributed by atoms with Gasteiger partial charge in [-0.15, -0.1) is 11.3 Å². The van der Waals surface area contributed by atoms with Gasteiger partial charge in [0.05, 0.1) is 24.7 Å². The zero-order chi connectivity index (χ0) is 18.7. The van der Waals surface area contributed by atoms with Crippen LogP contribution in [0.25, 0.3) is 21.5 Å². The third-order valence-corrected chi connectivity index (χ3v) is 4.79. The average Bonchev–Trinajstić information content (AvgIpc) is 3.22. The van der Waals surface area contributed by atoms with Crippen molar-refractivity contribution in [2.24, 2.45) is 0 Å². The molecule has 0 aliphatic rings. The Labute approximate surface area is 155 Å². The van der Waals surface area contributed by atoms with E-state index in [1.54, 1.807) is 12.3 Å². The van der Waals surface area contributed by atoms with Crippen LogP contribution in [0.4, 0.5) is 0 Å². The normalized spacial score (nSPS) is 11.6. The predicted molar refractivity (Wildman–Crippen MR) is 102 cm³/mol. The molecule has 0 radical (unpaired) electrons. The second-order valence-corrected chi connectivity index (χ2v) is 7.20. The van der Waals surface area contributed by atoms with E-state index < -0.39 is 0 Å². The Kier molecular flexibility index (Phi) is 5.53. The van der Waals surface area contributed by atoms with Crippen molar-refractivity contribution in [2.75, 3.05) is 13.1 Å². The molecule has 0 aromatic carbocycles. The molecule has 7 nitrogen and oxygen atoms in total. The zero-order valence-corrected chi connectivity index (χ0v) is 15.9. The van der Waals surface area contributed by atoms with Crippen molar-refractivity contribution in [3.05, 3.63) is 40.0 Å². The van der Waals surface area contributed by atoms with Gasteiger partial charge in [0.2, 0.25) is 5.91 Å². The molecule has 26 heavy (non-hydrogen) atoms. The highest BCUT2D eigenvalue weighted by molar-refractivity contribution is 7.17. The number of hydrogen-bond donors (Lipinski definition) is 2. The van der Waals surface area contributed by atoms with E-state index in [2.05, 4.69) is 15.3 Å². The Morgan fingerprint density at radius 2 is 2.27 bits per heavy atom. The molecular weight excluding hydrogens is 352 g/mol. The molecule has 0 saturated carbocycles. The van der Waals surface area contributed by atoms with Gasteiger partial charge in [0.1, 0.15) is 16.4 Å². The molecule has 0 fully saturated rings. The summed E-state index contributed by atoms with van der Waals surface area (Å²) in [5.74, 6) is 1.16. The minimum atomic E-state index is -0.194. The number of carbonyl (C=O) groups excluding carboxylic acids is 1. The van der Waals surface area contributed by atoms with E-state index in [9.17, 15) is 9.59 Å². The van der Waals surface area contributed by atoms with Crippen molar-refractivity contribution in [2.45, 2.75) is 33.4 Å². The Bertz CT molecular complexity index is 943. The summed E-state index contributed by atoms with van der Waals surface area (Å²) >= 11 is 1.41. The van der Waals surface area contributed by atoms with Crippen molar-refractivity contribution in [1.82, 2.24) is 20.2 Å². The van der Waals surface area contributed by atoms with E-state index >= 15 is 0 Å². The third kappa shape index (κ3) is 4.03. The van der Waals surface area contributed by atoms with Crippen molar-refractivity contribution < 1.29 is 9.21 Å². The molecular formula is C18H22N4O3S. The fourth-order valence-corrected chi connectivity index (χ4v) is 3.69. The van der Waals surface area contributed by atoms with E-state index in [-0.39, 0.29) is 24.1 Å². The van der Waals surface area contributed by atoms with E-state index in [4.69, 9.17) is 4.42 Å². The van der Waals surface area contributed by atoms with Crippen molar-refractivity contribution >= 4 is 27.5 Å². The summed E-state index contributed by atoms with van der Waals surface area (Å²) in [5.41, 5.74) is 0.555. The fourth-order valence-electron chi connectivity index (χ4n) is 2.74. The fraction of sp³-hybridized carbons (Fsp3) is 0.389. The first-order valence-electron chi connectivity index (χ1n) is 8.54. The number of nitrogens with one attached hydrogen (secondary N) is 2. The molecule has 0 atom stereocenters. The van der Waals surface area contributed by atoms with Crippen LogP contribution in [0.2, 0.25) is 0 Å². The number of thiophene rings is 1. The second-order valence-electron chi connectivity index (χ2n) is 6.34. The molecule has 1 amide bonds. The number of H-pyrrole nitrogens is 1. The molecule has 3 aromatic rings. The van der Waals surface area contributed by atoms with Gasteiger partial charge < -0.3 is 14.7 Å². The van der Waals surface area contributed by atoms with Crippen LogP contribution in [0.15, 0.2) is 33.0 Å². The van der Waals surface area contributed by atoms with Crippen LogP contribution in [0, 0.1) is 0 Å². The summed E-state index contributed by atoms with van der Waals surface area (Å²) in [6.45, 7) is 7.16. The van der Waals surface area contributed by atoms with E-state index in [1.807, 2.05) is 37.1 Å². The molecule has 2 N–H and O–H groups in total. The molecule has 3 aromatic heterocycles. The lowest BCUT2D eigenvalue weighted by Crippen LogP contribution is -2.40. The molecule has 0 unspecified atom stereocenters. The first kappa shape index (κ1) is 18.3. The molecule has 0 aliphatic heterocycles. The summed E-state index contributed by atoms with van der Waals surface area (Å²) in [5, 5.41) is 5.29. The highest BCUT2D eigenvalue weighted by Crippen LogP contribution is 2.30. The van der Waals surface area contributed by atoms with Crippen LogP contribution >= 0.6 is 11.3 Å². The molecule has 8 heteroatoms. The van der Waals surface area contributed by atoms with Gasteiger partial charge in [-0.05, 0) is 32.5 Å². The van der Waals surface area contributed by atoms with Crippen LogP contribution in [0.5, 0.6) is 0 Å². The first-order valence-corrected chi connectivity index (χ1v) is 9.42. The molecule has 0 spiro atoms. The summed E-state index contributed by atoms with van der Waals surface area (Å²) < 4.78 is 5.40. The van der Waals surface area contributed by atoms with Crippen LogP contribution in [0.3, 0.4) is 0 Å². The van der Waals surface area contributed by atoms with Crippen molar-refractivity contribution in [3.63, 3.8) is 0 Å². The van der Waals surface area contributed by atoms with Gasteiger partial charge in [0, 0.05) is 17.0 Å². The summed E-state index contributed by atoms with van der Waals surface area (Å²) in [6, 6.07) is 3.71. The molecule has 3 heterocycles. The number of likely N-dealkylation sites (N-methyl/N-ethyl adjacent to an activating group) is 1. The van der Waals surface area contributed by atoms with Gasteiger partial charge >= 0.3 is 0 Å². The Morgan fingerprint density at radius 1 is 1.46 bits per heavy atom. The van der Waals surface area contributed by atoms with E-state index in [1.165, 1.54) is 11.3 Å². The Morgan fingerprint density at radius 3 is 2.92 bits per heavy atom. The van der Waals surface area contributed by atoms with Crippen LogP contribution in [-0.2, 0) is 11.3 Å². The van der Waals surface area contributed by atoms with Crippen molar-refractivity contribution in [3.8, 4) is 11.3 Å². The van der Waals surface area contributed by atoms with E-state index in [0.29, 0.717) is 34.9 Å². The number of furan rings is 1. The molecule has 0 aliphatic carbocycles. The van der Waals surface area contributed by atoms with Gasteiger partial charge in [0.15, 0.2) is 0 Å². The number of hydrogen-bond acceptors (Lipinski definition) is 6. The van der Waals surface area contributed by atoms with Crippen LogP contribution in [0.1, 0.15) is 26.6 Å². The van der Waals surface area contributed by atoms with Gasteiger partial charge in [-0.2, -0.15) is 0 Å². The number of aromatic nitrogens is 2. The number of rotatable bonds is 7. The Hall–Kier alpha value is -2.45. The van der Waals surface area contributed by atoms with E-state index in [0.717, 1.165) is 5.56 Å². The smallest absolute Gasteiger partial charge is 0.260 e. The second kappa shape index (κ2) is 7.84. The maximum atomic E-state index is 12.6. The minimum absolute atomic E-state index is 0.0403. The number of fused-ring (bicyclic) bond motifs is 1. The highest BCUT2D eigenvalue weighted by Gasteiger charge is 2.16. The Balaban J connectivity index is 1.83. The standard InChI is InChI=1S/C18H22N4O3S/c1-4-22(9-15(23)19-11(2)3)8-14-20-17(24)16-12(10-26-18(16)21-14)13-6-5-7-25-13/h5-7,10-11H,4,8-9H2,1-3H3,(H,19,23)(H,20,21,24). The molecule has 138 valence electrons. The number of nitrogens with zero attached hydrogens (tertiary/aromatic N) is 2. The average molecular weight is 374 g/mol. The monoisotopic (exact) mass is 374 g/mol. The quantitative estimate of drug-likeness (QED) is 0.663. The minimum Gasteiger partial charge on any atom is -0.464 e. The molecule has 0 saturated heterocycles. The summed E-state index contributed by atoms with van der Waals surface area (Å²) in [6.07, 6.45) is 1.58. The van der Waals surface area contributed by atoms with Crippen molar-refractivity contribution in [1.29, 1.82) is 0 Å². The lowest BCUT2D eigenvalue weighted by Gasteiger charge is -2.20. The largest absolute Gasteiger partial charge is 0.464 e. The van der Waals surface area contributed by atoms with Gasteiger partial charge in [0.25, 0.3) is 5.56 Å². The summed E-state index contributed by atoms with van der Waals surface area (Å²) in [7, 11) is 0. The highest BCUT2D eigenvalue weighted by atomic mass is 32.1. The molecule has 3 rings (SSSR count). The maximum absolute atomic E-state index is 12.6. The van der Waals surface area contributed by atoms with Gasteiger partial charge in [-0.3, -0.25) is 14.5 Å². The molecule has 0 bridgehead atoms. The third-order valence-electron chi connectivity index (χ3n) is 3.92. The van der Waals surface area contributed by atoms with Crippen LogP contribution < -0.4 is 10.9 Å². The topological polar surface area (TPSA) is 91.2 Å². The maximum Gasteiger partial charge on any atom is 0.260 e. The lowest BCUT2D eigenvalue weighted by molar-refractivity contribution is -0.122. The van der Waals surface area contributed by atoms with Crippen LogP contribution in [-0.4, -0.2) is 39.9 Å². The summed E-state index contributed by atoms with van der Waals surface area (Å²) in [4.78, 5) is 34.6. The first-order chi connectivity index (χ1) is 12.5. The lowest BCUT2D eigenvalue weighted by atomic mass is 10.2. The zero-order valence-electron chi connectivity index (χ0n) is 15.0.